The Hall–Kier alpha value is -1.06. The summed E-state index contributed by atoms with van der Waals surface area (Å²) in [6.07, 6.45) is 3.79. The lowest BCUT2D eigenvalue weighted by Gasteiger charge is -2.26. The number of Topliss-reactive ketones (excluding diaryl/α,β-unsaturated/α-hetero) is 1. The summed E-state index contributed by atoms with van der Waals surface area (Å²) >= 11 is 0. The first-order valence-corrected chi connectivity index (χ1v) is 5.59. The SMILES string of the molecule is COC(=O)N1CCC(C(=O)C2CCC2)C1. The number of carbonyl (C=O) groups is 2. The van der Waals surface area contributed by atoms with Gasteiger partial charge in [0, 0.05) is 24.9 Å². The molecule has 0 aromatic carbocycles. The van der Waals surface area contributed by atoms with Gasteiger partial charge in [-0.15, -0.1) is 0 Å². The molecule has 0 aromatic rings. The van der Waals surface area contributed by atoms with Gasteiger partial charge in [-0.1, -0.05) is 6.42 Å². The summed E-state index contributed by atoms with van der Waals surface area (Å²) in [7, 11) is 1.38. The van der Waals surface area contributed by atoms with Crippen molar-refractivity contribution < 1.29 is 14.3 Å². The van der Waals surface area contributed by atoms with Crippen LogP contribution < -0.4 is 0 Å². The molecule has 4 nitrogen and oxygen atoms in total. The van der Waals surface area contributed by atoms with Gasteiger partial charge in [0.15, 0.2) is 0 Å². The van der Waals surface area contributed by atoms with E-state index in [0.29, 0.717) is 18.9 Å². The normalized spacial score (nSPS) is 26.2. The number of ketones is 1. The van der Waals surface area contributed by atoms with Crippen LogP contribution in [0.2, 0.25) is 0 Å². The molecule has 0 aromatic heterocycles. The fourth-order valence-electron chi connectivity index (χ4n) is 2.31. The third-order valence-electron chi connectivity index (χ3n) is 3.53. The molecule has 2 aliphatic rings. The van der Waals surface area contributed by atoms with Crippen LogP contribution in [0.25, 0.3) is 0 Å². The first kappa shape index (κ1) is 10.5. The van der Waals surface area contributed by atoms with Crippen molar-refractivity contribution in [3.05, 3.63) is 0 Å². The molecule has 1 atom stereocenters. The number of amides is 1. The highest BCUT2D eigenvalue weighted by Crippen LogP contribution is 2.32. The van der Waals surface area contributed by atoms with Crippen molar-refractivity contribution >= 4 is 11.9 Å². The van der Waals surface area contributed by atoms with E-state index >= 15 is 0 Å². The lowest BCUT2D eigenvalue weighted by atomic mass is 9.77. The number of likely N-dealkylation sites (tertiary alicyclic amines) is 1. The molecule has 1 aliphatic carbocycles. The van der Waals surface area contributed by atoms with Crippen molar-refractivity contribution in [2.75, 3.05) is 20.2 Å². The van der Waals surface area contributed by atoms with Gasteiger partial charge in [-0.2, -0.15) is 0 Å². The molecule has 1 heterocycles. The Labute approximate surface area is 89.6 Å². The molecule has 2 rings (SSSR count). The van der Waals surface area contributed by atoms with Crippen LogP contribution >= 0.6 is 0 Å². The summed E-state index contributed by atoms with van der Waals surface area (Å²) in [5, 5.41) is 0. The average molecular weight is 211 g/mol. The molecular weight excluding hydrogens is 194 g/mol. The molecule has 2 fully saturated rings. The monoisotopic (exact) mass is 211 g/mol. The highest BCUT2D eigenvalue weighted by Gasteiger charge is 2.36. The first-order chi connectivity index (χ1) is 7.22. The van der Waals surface area contributed by atoms with Crippen LogP contribution in [0.4, 0.5) is 4.79 Å². The zero-order chi connectivity index (χ0) is 10.8. The topological polar surface area (TPSA) is 46.6 Å². The molecule has 84 valence electrons. The van der Waals surface area contributed by atoms with Gasteiger partial charge < -0.3 is 9.64 Å². The second-order valence-corrected chi connectivity index (χ2v) is 4.43. The number of carbonyl (C=O) groups excluding carboxylic acids is 2. The highest BCUT2D eigenvalue weighted by atomic mass is 16.5. The number of hydrogen-bond acceptors (Lipinski definition) is 3. The van der Waals surface area contributed by atoms with E-state index in [4.69, 9.17) is 0 Å². The molecule has 0 radical (unpaired) electrons. The second-order valence-electron chi connectivity index (χ2n) is 4.43. The molecular formula is C11H17NO3. The molecule has 1 aliphatic heterocycles. The molecule has 0 bridgehead atoms. The number of ether oxygens (including phenoxy) is 1. The summed E-state index contributed by atoms with van der Waals surface area (Å²) in [5.41, 5.74) is 0. The van der Waals surface area contributed by atoms with Crippen LogP contribution in [-0.2, 0) is 9.53 Å². The fourth-order valence-corrected chi connectivity index (χ4v) is 2.31. The van der Waals surface area contributed by atoms with E-state index in [0.717, 1.165) is 19.3 Å². The summed E-state index contributed by atoms with van der Waals surface area (Å²) in [6.45, 7) is 1.22. The van der Waals surface area contributed by atoms with Crippen molar-refractivity contribution in [3.8, 4) is 0 Å². The van der Waals surface area contributed by atoms with Crippen LogP contribution in [0, 0.1) is 11.8 Å². The third-order valence-corrected chi connectivity index (χ3v) is 3.53. The Morgan fingerprint density at radius 3 is 2.47 bits per heavy atom. The van der Waals surface area contributed by atoms with Gasteiger partial charge in [0.1, 0.15) is 5.78 Å². The number of nitrogens with zero attached hydrogens (tertiary/aromatic N) is 1. The van der Waals surface area contributed by atoms with Crippen LogP contribution in [0.15, 0.2) is 0 Å². The summed E-state index contributed by atoms with van der Waals surface area (Å²) in [4.78, 5) is 24.8. The van der Waals surface area contributed by atoms with Crippen molar-refractivity contribution in [1.29, 1.82) is 0 Å². The molecule has 1 saturated heterocycles. The molecule has 0 N–H and O–H groups in total. The Kier molecular flexibility index (Phi) is 2.93. The Balaban J connectivity index is 1.86. The second kappa shape index (κ2) is 4.21. The van der Waals surface area contributed by atoms with E-state index < -0.39 is 0 Å². The third kappa shape index (κ3) is 1.98. The maximum Gasteiger partial charge on any atom is 0.409 e. The smallest absolute Gasteiger partial charge is 0.409 e. The van der Waals surface area contributed by atoms with E-state index in [9.17, 15) is 9.59 Å². The van der Waals surface area contributed by atoms with Gasteiger partial charge in [0.25, 0.3) is 0 Å². The van der Waals surface area contributed by atoms with Crippen molar-refractivity contribution in [3.63, 3.8) is 0 Å². The van der Waals surface area contributed by atoms with E-state index in [1.807, 2.05) is 0 Å². The summed E-state index contributed by atoms with van der Waals surface area (Å²) < 4.78 is 4.64. The fraction of sp³-hybridized carbons (Fsp3) is 0.818. The van der Waals surface area contributed by atoms with E-state index in [-0.39, 0.29) is 17.9 Å². The summed E-state index contributed by atoms with van der Waals surface area (Å²) in [6, 6.07) is 0. The van der Waals surface area contributed by atoms with E-state index in [1.165, 1.54) is 13.5 Å². The van der Waals surface area contributed by atoms with Gasteiger partial charge in [-0.25, -0.2) is 4.79 Å². The van der Waals surface area contributed by atoms with E-state index in [1.54, 1.807) is 4.90 Å². The molecule has 1 amide bonds. The maximum absolute atomic E-state index is 11.9. The van der Waals surface area contributed by atoms with Gasteiger partial charge >= 0.3 is 6.09 Å². The maximum atomic E-state index is 11.9. The largest absolute Gasteiger partial charge is 0.453 e. The highest BCUT2D eigenvalue weighted by molar-refractivity contribution is 5.85. The number of hydrogen-bond donors (Lipinski definition) is 0. The van der Waals surface area contributed by atoms with Crippen LogP contribution in [-0.4, -0.2) is 37.0 Å². The minimum atomic E-state index is -0.307. The van der Waals surface area contributed by atoms with Gasteiger partial charge in [0.2, 0.25) is 0 Å². The van der Waals surface area contributed by atoms with Crippen molar-refractivity contribution in [2.24, 2.45) is 11.8 Å². The predicted octanol–water partition coefficient (Wildman–Crippen LogP) is 1.44. The van der Waals surface area contributed by atoms with Crippen molar-refractivity contribution in [2.45, 2.75) is 25.7 Å². The number of methoxy groups -OCH3 is 1. The van der Waals surface area contributed by atoms with Crippen LogP contribution in [0.3, 0.4) is 0 Å². The van der Waals surface area contributed by atoms with Crippen molar-refractivity contribution in [1.82, 2.24) is 4.90 Å². The molecule has 1 saturated carbocycles. The zero-order valence-electron chi connectivity index (χ0n) is 9.07. The van der Waals surface area contributed by atoms with Gasteiger partial charge in [-0.3, -0.25) is 4.79 Å². The van der Waals surface area contributed by atoms with E-state index in [2.05, 4.69) is 4.74 Å². The molecule has 1 unspecified atom stereocenters. The van der Waals surface area contributed by atoms with Gasteiger partial charge in [-0.05, 0) is 19.3 Å². The average Bonchev–Trinajstić information content (AvgIpc) is 2.62. The lowest BCUT2D eigenvalue weighted by Crippen LogP contribution is -2.33. The number of rotatable bonds is 2. The van der Waals surface area contributed by atoms with Crippen LogP contribution in [0.1, 0.15) is 25.7 Å². The Morgan fingerprint density at radius 2 is 1.93 bits per heavy atom. The first-order valence-electron chi connectivity index (χ1n) is 5.59. The Bertz CT molecular complexity index is 273. The van der Waals surface area contributed by atoms with Gasteiger partial charge in [0.05, 0.1) is 7.11 Å². The zero-order valence-corrected chi connectivity index (χ0v) is 9.07. The molecule has 15 heavy (non-hydrogen) atoms. The molecule has 4 heteroatoms. The molecule has 0 spiro atoms. The van der Waals surface area contributed by atoms with Crippen LogP contribution in [0.5, 0.6) is 0 Å². The Morgan fingerprint density at radius 1 is 1.20 bits per heavy atom. The predicted molar refractivity (Wildman–Crippen MR) is 54.4 cm³/mol. The minimum Gasteiger partial charge on any atom is -0.453 e. The summed E-state index contributed by atoms with van der Waals surface area (Å²) in [5.74, 6) is 0.717. The minimum absolute atomic E-state index is 0.0643. The quantitative estimate of drug-likeness (QED) is 0.694. The lowest BCUT2D eigenvalue weighted by molar-refractivity contribution is -0.128. The standard InChI is InChI=1S/C11H17NO3/c1-15-11(14)12-6-5-9(7-12)10(13)8-3-2-4-8/h8-9H,2-7H2,1H3.